The molecule has 4 aromatic carbocycles. The van der Waals surface area contributed by atoms with Gasteiger partial charge in [0, 0.05) is 32.5 Å². The van der Waals surface area contributed by atoms with Gasteiger partial charge in [-0.25, -0.2) is 0 Å². The lowest BCUT2D eigenvalue weighted by atomic mass is 9.90. The molecular weight excluding hydrogens is 697 g/mol. The Balaban J connectivity index is 0.965. The van der Waals surface area contributed by atoms with E-state index in [4.69, 9.17) is 0 Å². The minimum Gasteiger partial charge on any atom is -0.335 e. The highest BCUT2D eigenvalue weighted by atomic mass is 32.1. The van der Waals surface area contributed by atoms with Gasteiger partial charge in [-0.15, -0.1) is 17.9 Å². The molecule has 0 amide bonds. The van der Waals surface area contributed by atoms with E-state index < -0.39 is 0 Å². The molecule has 2 nitrogen and oxygen atoms in total. The standard InChI is InChI=1S/C53H50N2S/c1-3-53(35-45(53)24-14-37-15-29-50-44(32-37)10-7-31-54-50)55(46-25-19-39(20-26-46)42-18-17-38-16-13-36(2)8-6-9-41(38)33-42)47-27-21-40(22-28-47)43-23-30-52-49(34-43)48-11-4-5-12-51(48)56-52/h3,5-7,9-10,12,15,17-21,23,25-27,29-34,36,45H,1,4,8,11,13-14,16,22,24,28,35H2,2H3/b9-6-. The first kappa shape index (κ1) is 35.2. The highest BCUT2D eigenvalue weighted by molar-refractivity contribution is 7.20. The van der Waals surface area contributed by atoms with Crippen molar-refractivity contribution in [3.63, 3.8) is 0 Å². The number of rotatable bonds is 9. The van der Waals surface area contributed by atoms with Crippen molar-refractivity contribution in [1.82, 2.24) is 4.98 Å². The Hall–Kier alpha value is -5.25. The van der Waals surface area contributed by atoms with Crippen LogP contribution in [0, 0.1) is 11.8 Å². The Labute approximate surface area is 336 Å². The number of thiophene rings is 1. The number of fused-ring (bicyclic) bond motifs is 5. The molecule has 1 fully saturated rings. The van der Waals surface area contributed by atoms with Crippen molar-refractivity contribution < 1.29 is 0 Å². The molecule has 0 radical (unpaired) electrons. The summed E-state index contributed by atoms with van der Waals surface area (Å²) < 4.78 is 1.41. The predicted octanol–water partition coefficient (Wildman–Crippen LogP) is 14.2. The van der Waals surface area contributed by atoms with E-state index in [1.165, 1.54) is 82.7 Å². The third-order valence-corrected chi connectivity index (χ3v) is 14.3. The Morgan fingerprint density at radius 2 is 1.75 bits per heavy atom. The molecule has 0 bridgehead atoms. The molecule has 3 atom stereocenters. The number of benzene rings is 4. The fraction of sp³-hybridized carbons (Fsp3) is 0.264. The molecule has 1 saturated carbocycles. The van der Waals surface area contributed by atoms with Gasteiger partial charge in [0.1, 0.15) is 0 Å². The molecule has 2 aromatic heterocycles. The quantitative estimate of drug-likeness (QED) is 0.137. The molecule has 3 unspecified atom stereocenters. The Morgan fingerprint density at radius 3 is 2.62 bits per heavy atom. The van der Waals surface area contributed by atoms with Crippen LogP contribution < -0.4 is 4.90 Å². The van der Waals surface area contributed by atoms with Crippen LogP contribution >= 0.6 is 11.3 Å². The van der Waals surface area contributed by atoms with E-state index in [1.54, 1.807) is 0 Å². The summed E-state index contributed by atoms with van der Waals surface area (Å²) in [4.78, 5) is 8.66. The summed E-state index contributed by atoms with van der Waals surface area (Å²) >= 11 is 1.94. The number of hydrogen-bond donors (Lipinski definition) is 0. The number of nitrogens with zero attached hydrogens (tertiary/aromatic N) is 2. The summed E-state index contributed by atoms with van der Waals surface area (Å²) in [6.07, 6.45) is 29.5. The zero-order valence-electron chi connectivity index (χ0n) is 32.5. The molecule has 0 saturated heterocycles. The summed E-state index contributed by atoms with van der Waals surface area (Å²) in [7, 11) is 0. The fourth-order valence-electron chi connectivity index (χ4n) is 9.74. The summed E-state index contributed by atoms with van der Waals surface area (Å²) in [5, 5.41) is 2.67. The molecule has 0 aliphatic heterocycles. The maximum atomic E-state index is 4.55. The highest BCUT2D eigenvalue weighted by Gasteiger charge is 2.56. The normalized spacial score (nSPS) is 22.0. The Morgan fingerprint density at radius 1 is 0.857 bits per heavy atom. The van der Waals surface area contributed by atoms with Crippen molar-refractivity contribution in [2.24, 2.45) is 11.8 Å². The van der Waals surface area contributed by atoms with Crippen molar-refractivity contribution in [2.75, 3.05) is 4.90 Å². The van der Waals surface area contributed by atoms with Gasteiger partial charge in [0.05, 0.1) is 11.1 Å². The van der Waals surface area contributed by atoms with Gasteiger partial charge >= 0.3 is 0 Å². The molecule has 6 aromatic rings. The number of allylic oxidation sites excluding steroid dienone is 6. The van der Waals surface area contributed by atoms with Crippen molar-refractivity contribution >= 4 is 55.7 Å². The van der Waals surface area contributed by atoms with Crippen LogP contribution in [0.25, 0.3) is 49.8 Å². The number of hydrogen-bond acceptors (Lipinski definition) is 3. The topological polar surface area (TPSA) is 16.1 Å². The number of anilines is 1. The van der Waals surface area contributed by atoms with E-state index in [2.05, 4.69) is 151 Å². The van der Waals surface area contributed by atoms with Crippen LogP contribution in [0.2, 0.25) is 0 Å². The van der Waals surface area contributed by atoms with Crippen molar-refractivity contribution in [2.45, 2.75) is 76.7 Å². The SMILES string of the molecule is C=CC1(N(C2=CC=C(c3ccc4sc5c(c4c3)CCC=C5)CC2)c2ccc(-c3ccc4c(c3)/C=C\CC(C)CC4)cc2)CC1CCc1ccc2ncccc2c1. The van der Waals surface area contributed by atoms with E-state index in [-0.39, 0.29) is 5.54 Å². The molecule has 10 rings (SSSR count). The van der Waals surface area contributed by atoms with E-state index in [0.717, 1.165) is 69.2 Å². The average Bonchev–Trinajstić information content (AvgIpc) is 3.83. The minimum atomic E-state index is -0.107. The second-order valence-corrected chi connectivity index (χ2v) is 17.8. The lowest BCUT2D eigenvalue weighted by Crippen LogP contribution is -2.37. The van der Waals surface area contributed by atoms with Gasteiger partial charge in [0.25, 0.3) is 0 Å². The van der Waals surface area contributed by atoms with Gasteiger partial charge in [-0.2, -0.15) is 0 Å². The molecule has 0 spiro atoms. The zero-order chi connectivity index (χ0) is 37.6. The monoisotopic (exact) mass is 746 g/mol. The van der Waals surface area contributed by atoms with Crippen LogP contribution in [0.15, 0.2) is 140 Å². The Bertz CT molecular complexity index is 2600. The molecule has 4 aliphatic carbocycles. The van der Waals surface area contributed by atoms with Crippen LogP contribution in [-0.4, -0.2) is 10.5 Å². The first-order chi connectivity index (χ1) is 27.5. The van der Waals surface area contributed by atoms with Gasteiger partial charge in [0.15, 0.2) is 0 Å². The summed E-state index contributed by atoms with van der Waals surface area (Å²) in [6, 6.07) is 34.6. The average molecular weight is 747 g/mol. The van der Waals surface area contributed by atoms with Gasteiger partial charge in [-0.1, -0.05) is 79.8 Å². The first-order valence-electron chi connectivity index (χ1n) is 20.8. The van der Waals surface area contributed by atoms with Crippen molar-refractivity contribution in [3.8, 4) is 11.1 Å². The van der Waals surface area contributed by atoms with E-state index in [0.29, 0.717) is 5.92 Å². The van der Waals surface area contributed by atoms with E-state index >= 15 is 0 Å². The van der Waals surface area contributed by atoms with E-state index in [1.807, 2.05) is 23.6 Å². The number of aromatic nitrogens is 1. The Kier molecular flexibility index (Phi) is 9.22. The zero-order valence-corrected chi connectivity index (χ0v) is 33.3. The van der Waals surface area contributed by atoms with Gasteiger partial charge in [0.2, 0.25) is 0 Å². The van der Waals surface area contributed by atoms with Crippen LogP contribution in [0.3, 0.4) is 0 Å². The predicted molar refractivity (Wildman–Crippen MR) is 241 cm³/mol. The second kappa shape index (κ2) is 14.7. The molecule has 56 heavy (non-hydrogen) atoms. The third kappa shape index (κ3) is 6.60. The fourth-order valence-corrected chi connectivity index (χ4v) is 10.9. The largest absolute Gasteiger partial charge is 0.335 e. The van der Waals surface area contributed by atoms with Crippen LogP contribution in [-0.2, 0) is 19.3 Å². The molecular formula is C53H50N2S. The van der Waals surface area contributed by atoms with Gasteiger partial charge < -0.3 is 4.90 Å². The minimum absolute atomic E-state index is 0.107. The third-order valence-electron chi connectivity index (χ3n) is 13.1. The molecule has 0 N–H and O–H groups in total. The van der Waals surface area contributed by atoms with Crippen LogP contribution in [0.1, 0.15) is 84.6 Å². The summed E-state index contributed by atoms with van der Waals surface area (Å²) in [6.45, 7) is 6.89. The van der Waals surface area contributed by atoms with E-state index in [9.17, 15) is 0 Å². The summed E-state index contributed by atoms with van der Waals surface area (Å²) in [5.74, 6) is 1.27. The lowest BCUT2D eigenvalue weighted by Gasteiger charge is -2.37. The van der Waals surface area contributed by atoms with Crippen molar-refractivity contribution in [1.29, 1.82) is 0 Å². The summed E-state index contributed by atoms with van der Waals surface area (Å²) in [5.41, 5.74) is 14.7. The number of aryl methyl sites for hydroxylation is 3. The maximum Gasteiger partial charge on any atom is 0.0702 e. The van der Waals surface area contributed by atoms with Gasteiger partial charge in [-0.3, -0.25) is 4.98 Å². The first-order valence-corrected chi connectivity index (χ1v) is 21.7. The maximum absolute atomic E-state index is 4.55. The smallest absolute Gasteiger partial charge is 0.0702 e. The van der Waals surface area contributed by atoms with Gasteiger partial charge in [-0.05, 0) is 187 Å². The van der Waals surface area contributed by atoms with Crippen LogP contribution in [0.5, 0.6) is 0 Å². The molecule has 278 valence electrons. The van der Waals surface area contributed by atoms with Crippen molar-refractivity contribution in [3.05, 3.63) is 173 Å². The highest BCUT2D eigenvalue weighted by Crippen LogP contribution is 2.56. The van der Waals surface area contributed by atoms with Crippen LogP contribution in [0.4, 0.5) is 5.69 Å². The number of pyridine rings is 1. The molecule has 3 heteroatoms. The molecule has 2 heterocycles. The second-order valence-electron chi connectivity index (χ2n) is 16.7. The lowest BCUT2D eigenvalue weighted by molar-refractivity contribution is 0.539. The molecule has 4 aliphatic rings.